The van der Waals surface area contributed by atoms with Crippen LogP contribution in [-0.2, 0) is 10.8 Å². The van der Waals surface area contributed by atoms with Crippen LogP contribution in [0.1, 0.15) is 45.2 Å². The van der Waals surface area contributed by atoms with Gasteiger partial charge in [-0.1, -0.05) is 95.3 Å². The highest BCUT2D eigenvalue weighted by atomic mass is 14.4. The van der Waals surface area contributed by atoms with E-state index >= 15 is 0 Å². The van der Waals surface area contributed by atoms with E-state index in [2.05, 4.69) is 95.3 Å². The van der Waals surface area contributed by atoms with E-state index < -0.39 is 0 Å². The quantitative estimate of drug-likeness (QED) is 0.650. The van der Waals surface area contributed by atoms with Crippen molar-refractivity contribution in [2.45, 2.75) is 44.9 Å². The van der Waals surface area contributed by atoms with Crippen LogP contribution in [-0.4, -0.2) is 0 Å². The first-order valence-electron chi connectivity index (χ1n) is 7.81. The van der Waals surface area contributed by atoms with E-state index in [1.54, 1.807) is 0 Å². The molecule has 0 unspecified atom stereocenters. The first kappa shape index (κ1) is 15.8. The van der Waals surface area contributed by atoms with E-state index in [4.69, 9.17) is 0 Å². The van der Waals surface area contributed by atoms with Crippen molar-refractivity contribution < 1.29 is 0 Å². The zero-order valence-corrected chi connectivity index (χ0v) is 13.8. The van der Waals surface area contributed by atoms with Gasteiger partial charge < -0.3 is 0 Å². The molecule has 0 aromatic heterocycles. The Morgan fingerprint density at radius 2 is 1.05 bits per heavy atom. The van der Waals surface area contributed by atoms with E-state index in [-0.39, 0.29) is 10.8 Å². The highest BCUT2D eigenvalue weighted by Gasteiger charge is 2.41. The van der Waals surface area contributed by atoms with Crippen LogP contribution in [0.15, 0.2) is 60.7 Å². The lowest BCUT2D eigenvalue weighted by atomic mass is 9.59. The third-order valence-electron chi connectivity index (χ3n) is 5.07. The Morgan fingerprint density at radius 3 is 1.33 bits per heavy atom. The topological polar surface area (TPSA) is 0 Å². The predicted octanol–water partition coefficient (Wildman–Crippen LogP) is 5.78. The molecule has 2 aromatic rings. The molecule has 0 aliphatic heterocycles. The second kappa shape index (κ2) is 6.05. The molecule has 2 aromatic carbocycles. The van der Waals surface area contributed by atoms with Gasteiger partial charge in [-0.25, -0.2) is 0 Å². The first-order chi connectivity index (χ1) is 9.90. The van der Waals surface area contributed by atoms with Crippen molar-refractivity contribution in [2.75, 3.05) is 0 Å². The van der Waals surface area contributed by atoms with Crippen LogP contribution >= 0.6 is 0 Å². The minimum absolute atomic E-state index is 0.0857. The molecule has 111 valence electrons. The van der Waals surface area contributed by atoms with Gasteiger partial charge in [0.05, 0.1) is 0 Å². The maximum atomic E-state index is 4.27. The van der Waals surface area contributed by atoms with Gasteiger partial charge in [0, 0.05) is 0 Å². The average Bonchev–Trinajstić information content (AvgIpc) is 2.49. The van der Waals surface area contributed by atoms with Gasteiger partial charge in [-0.05, 0) is 34.3 Å². The average molecular weight is 279 g/mol. The summed E-state index contributed by atoms with van der Waals surface area (Å²) in [5.74, 6) is 0.467. The SMILES string of the molecule is [CH2]CC(C(C)(C)c1ccccc1)C(C)(C)c1ccccc1. The molecule has 0 heteroatoms. The molecule has 0 heterocycles. The molecule has 0 nitrogen and oxygen atoms in total. The summed E-state index contributed by atoms with van der Waals surface area (Å²) in [5.41, 5.74) is 2.95. The van der Waals surface area contributed by atoms with Gasteiger partial charge in [-0.2, -0.15) is 0 Å². The number of rotatable bonds is 5. The van der Waals surface area contributed by atoms with Crippen molar-refractivity contribution in [3.63, 3.8) is 0 Å². The summed E-state index contributed by atoms with van der Waals surface area (Å²) in [6.45, 7) is 13.7. The summed E-state index contributed by atoms with van der Waals surface area (Å²) in [6, 6.07) is 21.7. The standard InChI is InChI=1S/C21H27/c1-6-19(20(2,3)17-13-9-7-10-14-17)21(4,5)18-15-11-8-12-16-18/h7-16,19H,1,6H2,2-5H3. The fraction of sp³-hybridized carbons (Fsp3) is 0.381. The molecular weight excluding hydrogens is 252 g/mol. The van der Waals surface area contributed by atoms with Crippen LogP contribution in [0.2, 0.25) is 0 Å². The zero-order chi connectivity index (χ0) is 15.5. The van der Waals surface area contributed by atoms with Crippen LogP contribution in [0, 0.1) is 12.8 Å². The van der Waals surface area contributed by atoms with Gasteiger partial charge >= 0.3 is 0 Å². The van der Waals surface area contributed by atoms with Crippen molar-refractivity contribution in [3.8, 4) is 0 Å². The molecule has 0 bridgehead atoms. The number of hydrogen-bond acceptors (Lipinski definition) is 0. The lowest BCUT2D eigenvalue weighted by Gasteiger charge is -2.45. The Hall–Kier alpha value is -1.56. The largest absolute Gasteiger partial charge is 0.0622 e. The van der Waals surface area contributed by atoms with Gasteiger partial charge in [-0.3, -0.25) is 0 Å². The maximum absolute atomic E-state index is 4.27. The lowest BCUT2D eigenvalue weighted by Crippen LogP contribution is -2.41. The molecule has 0 saturated heterocycles. The van der Waals surface area contributed by atoms with Crippen LogP contribution in [0.25, 0.3) is 0 Å². The Labute approximate surface area is 130 Å². The summed E-state index contributed by atoms with van der Waals surface area (Å²) in [5, 5.41) is 0. The third-order valence-corrected chi connectivity index (χ3v) is 5.07. The van der Waals surface area contributed by atoms with Crippen LogP contribution in [0.3, 0.4) is 0 Å². The second-order valence-electron chi connectivity index (χ2n) is 7.02. The van der Waals surface area contributed by atoms with Crippen molar-refractivity contribution >= 4 is 0 Å². The van der Waals surface area contributed by atoms with E-state index in [1.165, 1.54) is 11.1 Å². The fourth-order valence-electron chi connectivity index (χ4n) is 3.76. The highest BCUT2D eigenvalue weighted by Crippen LogP contribution is 2.45. The number of benzene rings is 2. The summed E-state index contributed by atoms with van der Waals surface area (Å²) >= 11 is 0. The fourth-order valence-corrected chi connectivity index (χ4v) is 3.76. The Morgan fingerprint density at radius 1 is 0.714 bits per heavy atom. The van der Waals surface area contributed by atoms with E-state index in [1.807, 2.05) is 0 Å². The van der Waals surface area contributed by atoms with Crippen molar-refractivity contribution in [2.24, 2.45) is 5.92 Å². The first-order valence-corrected chi connectivity index (χ1v) is 7.81. The molecule has 0 amide bonds. The Balaban J connectivity index is 2.43. The molecule has 21 heavy (non-hydrogen) atoms. The summed E-state index contributed by atoms with van der Waals surface area (Å²) in [6.07, 6.45) is 0.920. The van der Waals surface area contributed by atoms with Crippen molar-refractivity contribution in [3.05, 3.63) is 78.7 Å². The molecule has 0 atom stereocenters. The van der Waals surface area contributed by atoms with Crippen LogP contribution in [0.5, 0.6) is 0 Å². The Bertz CT molecular complexity index is 498. The molecule has 0 aliphatic rings. The summed E-state index contributed by atoms with van der Waals surface area (Å²) < 4.78 is 0. The van der Waals surface area contributed by atoms with E-state index in [9.17, 15) is 0 Å². The molecular formula is C21H27. The molecule has 2 rings (SSSR count). The van der Waals surface area contributed by atoms with E-state index in [0.717, 1.165) is 6.42 Å². The third kappa shape index (κ3) is 3.05. The van der Waals surface area contributed by atoms with Crippen molar-refractivity contribution in [1.29, 1.82) is 0 Å². The normalized spacial score (nSPS) is 12.7. The molecule has 0 aliphatic carbocycles. The van der Waals surface area contributed by atoms with Gasteiger partial charge in [0.25, 0.3) is 0 Å². The second-order valence-corrected chi connectivity index (χ2v) is 7.02. The highest BCUT2D eigenvalue weighted by molar-refractivity contribution is 5.31. The molecule has 0 saturated carbocycles. The summed E-state index contributed by atoms with van der Waals surface area (Å²) in [4.78, 5) is 0. The lowest BCUT2D eigenvalue weighted by molar-refractivity contribution is 0.201. The van der Waals surface area contributed by atoms with E-state index in [0.29, 0.717) is 5.92 Å². The Kier molecular flexibility index (Phi) is 4.56. The smallest absolute Gasteiger partial charge is 0.00670 e. The molecule has 0 fully saturated rings. The van der Waals surface area contributed by atoms with Gasteiger partial charge in [0.2, 0.25) is 0 Å². The molecule has 1 radical (unpaired) electrons. The van der Waals surface area contributed by atoms with Crippen LogP contribution < -0.4 is 0 Å². The number of hydrogen-bond donors (Lipinski definition) is 0. The monoisotopic (exact) mass is 279 g/mol. The van der Waals surface area contributed by atoms with Gasteiger partial charge in [0.1, 0.15) is 0 Å². The van der Waals surface area contributed by atoms with Gasteiger partial charge in [-0.15, -0.1) is 0 Å². The molecule has 0 N–H and O–H groups in total. The molecule has 0 spiro atoms. The minimum Gasteiger partial charge on any atom is -0.0622 e. The van der Waals surface area contributed by atoms with Crippen molar-refractivity contribution in [1.82, 2.24) is 0 Å². The van der Waals surface area contributed by atoms with Gasteiger partial charge in [0.15, 0.2) is 0 Å². The van der Waals surface area contributed by atoms with Crippen LogP contribution in [0.4, 0.5) is 0 Å². The zero-order valence-electron chi connectivity index (χ0n) is 13.8. The predicted molar refractivity (Wildman–Crippen MR) is 92.4 cm³/mol. The summed E-state index contributed by atoms with van der Waals surface area (Å²) in [7, 11) is 0. The maximum Gasteiger partial charge on any atom is -0.00670 e. The minimum atomic E-state index is 0.0857.